The van der Waals surface area contributed by atoms with Crippen LogP contribution < -0.4 is 0 Å². The Hall–Kier alpha value is -2.94. The lowest BCUT2D eigenvalue weighted by atomic mass is 9.67. The van der Waals surface area contributed by atoms with E-state index < -0.39 is 11.4 Å². The Morgan fingerprint density at radius 1 is 0.958 bits per heavy atom. The Bertz CT molecular complexity index is 803. The van der Waals surface area contributed by atoms with Crippen LogP contribution in [-0.4, -0.2) is 18.9 Å². The molecule has 1 aliphatic rings. The highest BCUT2D eigenvalue weighted by molar-refractivity contribution is 6.21. The third-order valence-electron chi connectivity index (χ3n) is 4.33. The first-order valence-corrected chi connectivity index (χ1v) is 7.81. The molecule has 1 aliphatic carbocycles. The van der Waals surface area contributed by atoms with Gasteiger partial charge in [0.25, 0.3) is 0 Å². The summed E-state index contributed by atoms with van der Waals surface area (Å²) in [6.07, 6.45) is 5.83. The van der Waals surface area contributed by atoms with Crippen LogP contribution in [0.3, 0.4) is 0 Å². The number of ketones is 1. The largest absolute Gasteiger partial charge is 0.468 e. The Kier molecular flexibility index (Phi) is 4.43. The molecule has 0 bridgehead atoms. The van der Waals surface area contributed by atoms with Crippen LogP contribution >= 0.6 is 0 Å². The van der Waals surface area contributed by atoms with Crippen molar-refractivity contribution in [2.45, 2.75) is 6.42 Å². The monoisotopic (exact) mass is 318 g/mol. The van der Waals surface area contributed by atoms with E-state index in [9.17, 15) is 9.59 Å². The summed E-state index contributed by atoms with van der Waals surface area (Å²) in [6, 6.07) is 18.4. The average Bonchev–Trinajstić information content (AvgIpc) is 2.68. The van der Waals surface area contributed by atoms with Gasteiger partial charge in [0, 0.05) is 5.56 Å². The molecule has 24 heavy (non-hydrogen) atoms. The summed E-state index contributed by atoms with van der Waals surface area (Å²) in [5.41, 5.74) is 0.662. The molecule has 0 radical (unpaired) electrons. The molecule has 0 saturated heterocycles. The van der Waals surface area contributed by atoms with E-state index in [1.165, 1.54) is 7.11 Å². The maximum atomic E-state index is 13.3. The normalized spacial score (nSPS) is 19.5. The zero-order valence-electron chi connectivity index (χ0n) is 13.4. The third kappa shape index (κ3) is 2.58. The third-order valence-corrected chi connectivity index (χ3v) is 4.33. The summed E-state index contributed by atoms with van der Waals surface area (Å²) in [5, 5.41) is 0. The van der Waals surface area contributed by atoms with Crippen LogP contribution in [0.2, 0.25) is 0 Å². The zero-order chi connectivity index (χ0) is 17.0. The molecule has 2 aromatic rings. The van der Waals surface area contributed by atoms with Gasteiger partial charge in [-0.05, 0) is 17.6 Å². The number of carbonyl (C=O) groups excluding carboxylic acids is 2. The Balaban J connectivity index is 2.19. The van der Waals surface area contributed by atoms with Gasteiger partial charge in [-0.15, -0.1) is 0 Å². The van der Waals surface area contributed by atoms with Crippen LogP contribution in [0, 0.1) is 5.41 Å². The highest BCUT2D eigenvalue weighted by atomic mass is 16.5. The second kappa shape index (κ2) is 6.67. The first-order chi connectivity index (χ1) is 11.7. The molecule has 3 nitrogen and oxygen atoms in total. The molecule has 1 unspecified atom stereocenters. The minimum Gasteiger partial charge on any atom is -0.468 e. The minimum atomic E-state index is -1.35. The Labute approximate surface area is 141 Å². The van der Waals surface area contributed by atoms with E-state index >= 15 is 0 Å². The lowest BCUT2D eigenvalue weighted by molar-refractivity contribution is -0.146. The van der Waals surface area contributed by atoms with E-state index in [0.717, 1.165) is 5.56 Å². The van der Waals surface area contributed by atoms with Crippen molar-refractivity contribution in [1.82, 2.24) is 0 Å². The van der Waals surface area contributed by atoms with E-state index in [-0.39, 0.29) is 12.2 Å². The Morgan fingerprint density at radius 2 is 1.58 bits per heavy atom. The number of esters is 1. The summed E-state index contributed by atoms with van der Waals surface area (Å²) in [5.74, 6) is -0.773. The Morgan fingerprint density at radius 3 is 2.21 bits per heavy atom. The van der Waals surface area contributed by atoms with Crippen LogP contribution in [0.15, 0.2) is 78.9 Å². The predicted molar refractivity (Wildman–Crippen MR) is 93.4 cm³/mol. The number of hydrogen-bond acceptors (Lipinski definition) is 3. The number of ether oxygens (including phenoxy) is 1. The molecular weight excluding hydrogens is 300 g/mol. The van der Waals surface area contributed by atoms with Crippen molar-refractivity contribution in [3.8, 4) is 0 Å². The summed E-state index contributed by atoms with van der Waals surface area (Å²) in [7, 11) is 1.32. The summed E-state index contributed by atoms with van der Waals surface area (Å²) in [4.78, 5) is 26.1. The molecule has 1 atom stereocenters. The van der Waals surface area contributed by atoms with E-state index in [4.69, 9.17) is 4.74 Å². The van der Waals surface area contributed by atoms with Gasteiger partial charge in [-0.2, -0.15) is 0 Å². The van der Waals surface area contributed by atoms with Crippen LogP contribution in [0.5, 0.6) is 0 Å². The summed E-state index contributed by atoms with van der Waals surface area (Å²) in [6.45, 7) is 0. The molecule has 0 saturated carbocycles. The van der Waals surface area contributed by atoms with Crippen molar-refractivity contribution < 1.29 is 14.3 Å². The fraction of sp³-hybridized carbons (Fsp3) is 0.143. The van der Waals surface area contributed by atoms with Crippen molar-refractivity contribution in [3.05, 3.63) is 90.0 Å². The van der Waals surface area contributed by atoms with Gasteiger partial charge in [-0.3, -0.25) is 9.59 Å². The van der Waals surface area contributed by atoms with Gasteiger partial charge in [0.15, 0.2) is 11.2 Å². The number of Topliss-reactive ketones (excluding diaryl/α,β-unsaturated/α-hetero) is 1. The molecular formula is C21H18O3. The molecule has 3 rings (SSSR count). The van der Waals surface area contributed by atoms with Gasteiger partial charge < -0.3 is 4.74 Å². The summed E-state index contributed by atoms with van der Waals surface area (Å²) >= 11 is 0. The van der Waals surface area contributed by atoms with Crippen molar-refractivity contribution in [2.24, 2.45) is 5.41 Å². The molecule has 0 N–H and O–H groups in total. The van der Waals surface area contributed by atoms with Gasteiger partial charge >= 0.3 is 5.97 Å². The van der Waals surface area contributed by atoms with Gasteiger partial charge in [0.2, 0.25) is 0 Å². The number of rotatable bonds is 4. The van der Waals surface area contributed by atoms with Crippen molar-refractivity contribution >= 4 is 17.3 Å². The van der Waals surface area contributed by atoms with Gasteiger partial charge in [-0.25, -0.2) is 0 Å². The van der Waals surface area contributed by atoms with E-state index in [1.807, 2.05) is 54.6 Å². The number of methoxy groups -OCH3 is 1. The molecule has 0 amide bonds. The van der Waals surface area contributed by atoms with E-state index in [1.54, 1.807) is 24.3 Å². The van der Waals surface area contributed by atoms with Crippen LogP contribution in [0.4, 0.5) is 0 Å². The highest BCUT2D eigenvalue weighted by Crippen LogP contribution is 2.44. The van der Waals surface area contributed by atoms with E-state index in [0.29, 0.717) is 11.1 Å². The topological polar surface area (TPSA) is 43.4 Å². The fourth-order valence-corrected chi connectivity index (χ4v) is 3.13. The molecule has 2 aromatic carbocycles. The molecule has 0 heterocycles. The lowest BCUT2D eigenvalue weighted by Gasteiger charge is -2.33. The van der Waals surface area contributed by atoms with Crippen LogP contribution in [-0.2, 0) is 9.53 Å². The second-order valence-corrected chi connectivity index (χ2v) is 5.67. The first kappa shape index (κ1) is 15.9. The number of carbonyl (C=O) groups is 2. The van der Waals surface area contributed by atoms with Crippen molar-refractivity contribution in [3.63, 3.8) is 0 Å². The zero-order valence-corrected chi connectivity index (χ0v) is 13.4. The maximum Gasteiger partial charge on any atom is 0.324 e. The van der Waals surface area contributed by atoms with Crippen LogP contribution in [0.25, 0.3) is 5.57 Å². The summed E-state index contributed by atoms with van der Waals surface area (Å²) < 4.78 is 5.05. The van der Waals surface area contributed by atoms with Gasteiger partial charge in [0.05, 0.1) is 7.11 Å². The molecule has 0 fully saturated rings. The number of hydrogen-bond donors (Lipinski definition) is 0. The molecule has 3 heteroatoms. The molecule has 0 aliphatic heterocycles. The second-order valence-electron chi connectivity index (χ2n) is 5.67. The van der Waals surface area contributed by atoms with Gasteiger partial charge in [0.1, 0.15) is 0 Å². The van der Waals surface area contributed by atoms with E-state index in [2.05, 4.69) is 0 Å². The highest BCUT2D eigenvalue weighted by Gasteiger charge is 2.50. The van der Waals surface area contributed by atoms with Crippen molar-refractivity contribution in [2.75, 3.05) is 7.11 Å². The molecule has 120 valence electrons. The smallest absolute Gasteiger partial charge is 0.324 e. The lowest BCUT2D eigenvalue weighted by Crippen LogP contribution is -2.42. The standard InChI is InChI=1S/C21H18O3/c1-24-20(23)21(19(22)17-12-6-3-7-13-17)15-9-8-14-18(21)16-10-4-2-5-11-16/h2-14H,15H2,1H3. The average molecular weight is 318 g/mol. The first-order valence-electron chi connectivity index (χ1n) is 7.81. The molecule has 0 aromatic heterocycles. The van der Waals surface area contributed by atoms with Gasteiger partial charge in [-0.1, -0.05) is 78.9 Å². The SMILES string of the molecule is COC(=O)C1(C(=O)c2ccccc2)CC=CC=C1c1ccccc1. The molecule has 0 spiro atoms. The minimum absolute atomic E-state index is 0.241. The fourth-order valence-electron chi connectivity index (χ4n) is 3.13. The number of allylic oxidation sites excluding steroid dienone is 3. The maximum absolute atomic E-state index is 13.3. The van der Waals surface area contributed by atoms with Crippen LogP contribution in [0.1, 0.15) is 22.3 Å². The quantitative estimate of drug-likeness (QED) is 0.485. The van der Waals surface area contributed by atoms with Crippen molar-refractivity contribution in [1.29, 1.82) is 0 Å². The predicted octanol–water partition coefficient (Wildman–Crippen LogP) is 4.07. The number of benzene rings is 2.